The Hall–Kier alpha value is -4.07. The second-order valence-corrected chi connectivity index (χ2v) is 8.48. The van der Waals surface area contributed by atoms with E-state index in [0.717, 1.165) is 5.56 Å². The average Bonchev–Trinajstić information content (AvgIpc) is 2.82. The lowest BCUT2D eigenvalue weighted by molar-refractivity contribution is -0.127. The number of anilines is 2. The van der Waals surface area contributed by atoms with E-state index < -0.39 is 29.6 Å². The van der Waals surface area contributed by atoms with Gasteiger partial charge < -0.3 is 10.6 Å². The van der Waals surface area contributed by atoms with Crippen LogP contribution in [0.15, 0.2) is 72.9 Å². The van der Waals surface area contributed by atoms with Crippen LogP contribution in [0.4, 0.5) is 15.9 Å². The summed E-state index contributed by atoms with van der Waals surface area (Å²) in [6, 6.07) is 16.6. The Morgan fingerprint density at radius 1 is 0.971 bits per heavy atom. The molecule has 3 aromatic rings. The predicted octanol–water partition coefficient (Wildman–Crippen LogP) is 4.55. The fraction of sp³-hybridized carbons (Fsp3) is 0.259. The van der Waals surface area contributed by atoms with Gasteiger partial charge in [-0.1, -0.05) is 42.0 Å². The molecule has 0 saturated carbocycles. The number of halogens is 1. The van der Waals surface area contributed by atoms with Crippen LogP contribution in [0.25, 0.3) is 0 Å². The highest BCUT2D eigenvalue weighted by Crippen LogP contribution is 2.30. The summed E-state index contributed by atoms with van der Waals surface area (Å²) in [7, 11) is 0. The van der Waals surface area contributed by atoms with Crippen LogP contribution >= 0.6 is 0 Å². The SMILES string of the molecule is Cc1ccc(C(C(=O)NC(C)C)N(C(=O)CCC(=O)Nc2ccccn2)c2cccc(F)c2)cc1. The quantitative estimate of drug-likeness (QED) is 0.474. The van der Waals surface area contributed by atoms with Gasteiger partial charge >= 0.3 is 0 Å². The largest absolute Gasteiger partial charge is 0.352 e. The molecule has 1 unspecified atom stereocenters. The first-order chi connectivity index (χ1) is 16.7. The van der Waals surface area contributed by atoms with E-state index in [1.165, 1.54) is 23.1 Å². The standard InChI is InChI=1S/C27H29FN4O3/c1-18(2)30-27(35)26(20-12-10-19(3)11-13-20)32(22-8-6-7-21(28)17-22)25(34)15-14-24(33)31-23-9-4-5-16-29-23/h4-13,16-18,26H,14-15H2,1-3H3,(H,30,35)(H,29,31,33). The van der Waals surface area contributed by atoms with Crippen molar-refractivity contribution in [2.45, 2.75) is 45.7 Å². The van der Waals surface area contributed by atoms with Gasteiger partial charge in [-0.05, 0) is 56.7 Å². The number of hydrogen-bond donors (Lipinski definition) is 2. The first-order valence-corrected chi connectivity index (χ1v) is 11.4. The second-order valence-electron chi connectivity index (χ2n) is 8.48. The van der Waals surface area contributed by atoms with Gasteiger partial charge in [-0.3, -0.25) is 19.3 Å². The van der Waals surface area contributed by atoms with Crippen molar-refractivity contribution in [1.29, 1.82) is 0 Å². The summed E-state index contributed by atoms with van der Waals surface area (Å²) >= 11 is 0. The van der Waals surface area contributed by atoms with Crippen LogP contribution in [0, 0.1) is 12.7 Å². The second kappa shape index (κ2) is 11.9. The van der Waals surface area contributed by atoms with Gasteiger partial charge in [0.05, 0.1) is 0 Å². The van der Waals surface area contributed by atoms with Crippen LogP contribution < -0.4 is 15.5 Å². The number of nitrogens with one attached hydrogen (secondary N) is 2. The van der Waals surface area contributed by atoms with Gasteiger partial charge in [0.2, 0.25) is 17.7 Å². The Kier molecular flexibility index (Phi) is 8.67. The number of nitrogens with zero attached hydrogens (tertiary/aromatic N) is 2. The van der Waals surface area contributed by atoms with E-state index in [2.05, 4.69) is 15.6 Å². The molecule has 8 heteroatoms. The molecule has 182 valence electrons. The number of carbonyl (C=O) groups is 3. The fourth-order valence-electron chi connectivity index (χ4n) is 3.58. The number of pyridine rings is 1. The molecule has 7 nitrogen and oxygen atoms in total. The van der Waals surface area contributed by atoms with Crippen molar-refractivity contribution in [3.63, 3.8) is 0 Å². The van der Waals surface area contributed by atoms with Crippen molar-refractivity contribution in [3.05, 3.63) is 89.9 Å². The van der Waals surface area contributed by atoms with Gasteiger partial charge in [-0.2, -0.15) is 0 Å². The molecule has 0 saturated heterocycles. The molecule has 0 aliphatic heterocycles. The zero-order chi connectivity index (χ0) is 25.4. The average molecular weight is 477 g/mol. The molecule has 0 bridgehead atoms. The van der Waals surface area contributed by atoms with Crippen LogP contribution in [-0.4, -0.2) is 28.7 Å². The van der Waals surface area contributed by atoms with Crippen molar-refractivity contribution >= 4 is 29.2 Å². The lowest BCUT2D eigenvalue weighted by atomic mass is 10.0. The van der Waals surface area contributed by atoms with Gasteiger partial charge in [0.1, 0.15) is 17.7 Å². The van der Waals surface area contributed by atoms with Crippen molar-refractivity contribution in [1.82, 2.24) is 10.3 Å². The zero-order valence-electron chi connectivity index (χ0n) is 20.0. The Bertz CT molecular complexity index is 1170. The molecule has 3 rings (SSSR count). The summed E-state index contributed by atoms with van der Waals surface area (Å²) in [5.74, 6) is -1.45. The smallest absolute Gasteiger partial charge is 0.248 e. The Morgan fingerprint density at radius 2 is 1.71 bits per heavy atom. The third-order valence-corrected chi connectivity index (χ3v) is 5.18. The van der Waals surface area contributed by atoms with E-state index in [0.29, 0.717) is 11.4 Å². The molecule has 2 aromatic carbocycles. The van der Waals surface area contributed by atoms with Crippen LogP contribution in [-0.2, 0) is 14.4 Å². The van der Waals surface area contributed by atoms with Gasteiger partial charge in [0.15, 0.2) is 0 Å². The Balaban J connectivity index is 1.93. The molecule has 2 N–H and O–H groups in total. The number of aromatic nitrogens is 1. The van der Waals surface area contributed by atoms with Crippen LogP contribution in [0.2, 0.25) is 0 Å². The number of hydrogen-bond acceptors (Lipinski definition) is 4. The molecule has 0 aliphatic rings. The molecule has 35 heavy (non-hydrogen) atoms. The van der Waals surface area contributed by atoms with E-state index >= 15 is 0 Å². The van der Waals surface area contributed by atoms with Gasteiger partial charge in [0.25, 0.3) is 0 Å². The molecule has 1 atom stereocenters. The first-order valence-electron chi connectivity index (χ1n) is 11.4. The topological polar surface area (TPSA) is 91.4 Å². The fourth-order valence-corrected chi connectivity index (χ4v) is 3.58. The maximum absolute atomic E-state index is 14.2. The molecule has 1 heterocycles. The zero-order valence-corrected chi connectivity index (χ0v) is 20.0. The molecule has 0 fully saturated rings. The van der Waals surface area contributed by atoms with Crippen molar-refractivity contribution < 1.29 is 18.8 Å². The van der Waals surface area contributed by atoms with Gasteiger partial charge in [0, 0.05) is 30.8 Å². The number of aryl methyl sites for hydroxylation is 1. The van der Waals surface area contributed by atoms with Crippen molar-refractivity contribution in [3.8, 4) is 0 Å². The lowest BCUT2D eigenvalue weighted by Gasteiger charge is -2.32. The highest BCUT2D eigenvalue weighted by Gasteiger charge is 2.33. The number of rotatable bonds is 9. The molecular weight excluding hydrogens is 447 g/mol. The van der Waals surface area contributed by atoms with Gasteiger partial charge in [-0.25, -0.2) is 9.37 Å². The number of benzene rings is 2. The molecular formula is C27H29FN4O3. The maximum Gasteiger partial charge on any atom is 0.248 e. The lowest BCUT2D eigenvalue weighted by Crippen LogP contribution is -2.46. The van der Waals surface area contributed by atoms with E-state index in [-0.39, 0.29) is 24.6 Å². The third kappa shape index (κ3) is 7.20. The maximum atomic E-state index is 14.2. The summed E-state index contributed by atoms with van der Waals surface area (Å²) in [6.45, 7) is 5.56. The van der Waals surface area contributed by atoms with Gasteiger partial charge in [-0.15, -0.1) is 0 Å². The van der Waals surface area contributed by atoms with Crippen LogP contribution in [0.3, 0.4) is 0 Å². The summed E-state index contributed by atoms with van der Waals surface area (Å²) in [6.07, 6.45) is 1.23. The van der Waals surface area contributed by atoms with E-state index in [4.69, 9.17) is 0 Å². The van der Waals surface area contributed by atoms with Crippen LogP contribution in [0.5, 0.6) is 0 Å². The number of amides is 3. The minimum atomic E-state index is -1.05. The minimum absolute atomic E-state index is 0.131. The molecule has 0 aliphatic carbocycles. The van der Waals surface area contributed by atoms with Crippen molar-refractivity contribution in [2.24, 2.45) is 0 Å². The van der Waals surface area contributed by atoms with E-state index in [1.54, 1.807) is 42.6 Å². The number of carbonyl (C=O) groups excluding carboxylic acids is 3. The predicted molar refractivity (Wildman–Crippen MR) is 133 cm³/mol. The highest BCUT2D eigenvalue weighted by atomic mass is 19.1. The molecule has 1 aromatic heterocycles. The summed E-state index contributed by atoms with van der Waals surface area (Å²) in [5, 5.41) is 5.50. The third-order valence-electron chi connectivity index (χ3n) is 5.18. The summed E-state index contributed by atoms with van der Waals surface area (Å²) < 4.78 is 14.2. The summed E-state index contributed by atoms with van der Waals surface area (Å²) in [4.78, 5) is 44.6. The Morgan fingerprint density at radius 3 is 2.34 bits per heavy atom. The first kappa shape index (κ1) is 25.6. The van der Waals surface area contributed by atoms with E-state index in [1.807, 2.05) is 32.9 Å². The Labute approximate surface area is 204 Å². The molecule has 0 spiro atoms. The molecule has 3 amide bonds. The molecule has 0 radical (unpaired) electrons. The van der Waals surface area contributed by atoms with Crippen LogP contribution in [0.1, 0.15) is 43.9 Å². The summed E-state index contributed by atoms with van der Waals surface area (Å²) in [5.41, 5.74) is 1.79. The van der Waals surface area contributed by atoms with E-state index in [9.17, 15) is 18.8 Å². The monoisotopic (exact) mass is 476 g/mol. The minimum Gasteiger partial charge on any atom is -0.352 e. The normalized spacial score (nSPS) is 11.6. The highest BCUT2D eigenvalue weighted by molar-refractivity contribution is 6.03. The van der Waals surface area contributed by atoms with Crippen molar-refractivity contribution in [2.75, 3.05) is 10.2 Å².